The van der Waals surface area contributed by atoms with Gasteiger partial charge in [0.2, 0.25) is 11.9 Å². The summed E-state index contributed by atoms with van der Waals surface area (Å²) in [5, 5.41) is 7.45. The molecule has 0 fully saturated rings. The number of aromatic nitrogens is 4. The predicted octanol–water partition coefficient (Wildman–Crippen LogP) is 5.33. The van der Waals surface area contributed by atoms with Crippen LogP contribution in [0.4, 0.5) is 5.82 Å². The molecule has 2 heterocycles. The summed E-state index contributed by atoms with van der Waals surface area (Å²) in [6.45, 7) is 3.92. The number of aryl methyl sites for hydroxylation is 1. The lowest BCUT2D eigenvalue weighted by molar-refractivity contribution is -0.114. The number of nitrogens with zero attached hydrogens (tertiary/aromatic N) is 4. The molecule has 0 saturated heterocycles. The Hall–Kier alpha value is -4.39. The van der Waals surface area contributed by atoms with Gasteiger partial charge in [-0.15, -0.1) is 0 Å². The molecule has 0 spiro atoms. The van der Waals surface area contributed by atoms with Crippen molar-refractivity contribution in [2.45, 2.75) is 20.4 Å². The number of anilines is 1. The van der Waals surface area contributed by atoms with Gasteiger partial charge in [0.25, 0.3) is 0 Å². The van der Waals surface area contributed by atoms with Gasteiger partial charge in [0, 0.05) is 13.0 Å². The monoisotopic (exact) mass is 437 g/mol. The summed E-state index contributed by atoms with van der Waals surface area (Å²) < 4.78 is 9.79. The van der Waals surface area contributed by atoms with Crippen molar-refractivity contribution < 1.29 is 9.53 Å². The molecule has 1 N–H and O–H groups in total. The number of fused-ring (bicyclic) bond motifs is 1. The second-order valence-corrected chi connectivity index (χ2v) is 7.81. The lowest BCUT2D eigenvalue weighted by atomic mass is 10.2. The van der Waals surface area contributed by atoms with Crippen molar-refractivity contribution in [2.75, 3.05) is 5.32 Å². The topological polar surface area (TPSA) is 74.0 Å². The molecule has 0 aliphatic heterocycles. The van der Waals surface area contributed by atoms with Crippen molar-refractivity contribution >= 4 is 22.8 Å². The number of imidazole rings is 1. The van der Waals surface area contributed by atoms with Crippen LogP contribution in [0.15, 0.2) is 84.9 Å². The number of hydrogen-bond donors (Lipinski definition) is 1. The first kappa shape index (κ1) is 20.5. The zero-order valence-electron chi connectivity index (χ0n) is 18.4. The van der Waals surface area contributed by atoms with E-state index >= 15 is 0 Å². The van der Waals surface area contributed by atoms with Crippen LogP contribution < -0.4 is 10.1 Å². The van der Waals surface area contributed by atoms with E-state index < -0.39 is 0 Å². The van der Waals surface area contributed by atoms with E-state index in [4.69, 9.17) is 9.72 Å². The van der Waals surface area contributed by atoms with Crippen LogP contribution >= 0.6 is 0 Å². The molecule has 2 aromatic heterocycles. The summed E-state index contributed by atoms with van der Waals surface area (Å²) in [5.41, 5.74) is 3.67. The highest BCUT2D eigenvalue weighted by Crippen LogP contribution is 2.26. The number of rotatable bonds is 6. The molecule has 5 aromatic rings. The van der Waals surface area contributed by atoms with Gasteiger partial charge in [-0.05, 0) is 48.9 Å². The maximum atomic E-state index is 11.7. The van der Waals surface area contributed by atoms with Crippen molar-refractivity contribution in [3.05, 3.63) is 96.2 Å². The van der Waals surface area contributed by atoms with Gasteiger partial charge in [-0.1, -0.05) is 42.5 Å². The van der Waals surface area contributed by atoms with Gasteiger partial charge in [-0.3, -0.25) is 4.79 Å². The number of benzene rings is 3. The maximum Gasteiger partial charge on any atom is 0.234 e. The van der Waals surface area contributed by atoms with E-state index in [2.05, 4.69) is 21.0 Å². The second kappa shape index (κ2) is 8.63. The zero-order chi connectivity index (χ0) is 22.8. The Morgan fingerprint density at radius 1 is 0.939 bits per heavy atom. The number of amides is 1. The largest absolute Gasteiger partial charge is 0.457 e. The lowest BCUT2D eigenvalue weighted by Crippen LogP contribution is -2.15. The van der Waals surface area contributed by atoms with E-state index in [0.717, 1.165) is 33.8 Å². The van der Waals surface area contributed by atoms with Gasteiger partial charge in [0.05, 0.1) is 23.3 Å². The van der Waals surface area contributed by atoms with Crippen molar-refractivity contribution in [1.82, 2.24) is 19.3 Å². The summed E-state index contributed by atoms with van der Waals surface area (Å²) >= 11 is 0. The minimum atomic E-state index is -0.162. The fourth-order valence-corrected chi connectivity index (χ4v) is 3.82. The number of para-hydroxylation sites is 3. The third kappa shape index (κ3) is 4.34. The molecule has 1 amide bonds. The van der Waals surface area contributed by atoms with Crippen LogP contribution in [0.25, 0.3) is 17.0 Å². The van der Waals surface area contributed by atoms with E-state index in [1.165, 1.54) is 6.92 Å². The third-order valence-electron chi connectivity index (χ3n) is 5.18. The van der Waals surface area contributed by atoms with Crippen molar-refractivity contribution in [3.8, 4) is 17.4 Å². The summed E-state index contributed by atoms with van der Waals surface area (Å²) in [6.07, 6.45) is 0. The summed E-state index contributed by atoms with van der Waals surface area (Å²) in [6, 6.07) is 27.5. The smallest absolute Gasteiger partial charge is 0.234 e. The van der Waals surface area contributed by atoms with Crippen LogP contribution in [-0.2, 0) is 11.3 Å². The molecule has 33 heavy (non-hydrogen) atoms. The average Bonchev–Trinajstić information content (AvgIpc) is 3.34. The summed E-state index contributed by atoms with van der Waals surface area (Å²) in [5.74, 6) is 2.60. The minimum absolute atomic E-state index is 0.162. The molecule has 3 aromatic carbocycles. The number of nitrogens with one attached hydrogen (secondary N) is 1. The third-order valence-corrected chi connectivity index (χ3v) is 5.18. The highest BCUT2D eigenvalue weighted by molar-refractivity contribution is 5.88. The highest BCUT2D eigenvalue weighted by atomic mass is 16.5. The van der Waals surface area contributed by atoms with Crippen molar-refractivity contribution in [2.24, 2.45) is 0 Å². The fourth-order valence-electron chi connectivity index (χ4n) is 3.82. The normalized spacial score (nSPS) is 11.0. The number of carbonyl (C=O) groups is 1. The highest BCUT2D eigenvalue weighted by Gasteiger charge is 2.18. The lowest BCUT2D eigenvalue weighted by Gasteiger charge is -2.13. The Morgan fingerprint density at radius 2 is 1.70 bits per heavy atom. The Morgan fingerprint density at radius 3 is 2.52 bits per heavy atom. The molecule has 0 atom stereocenters. The van der Waals surface area contributed by atoms with Crippen molar-refractivity contribution in [3.63, 3.8) is 0 Å². The predicted molar refractivity (Wildman–Crippen MR) is 128 cm³/mol. The Labute approximate surface area is 191 Å². The molecular weight excluding hydrogens is 414 g/mol. The molecule has 0 unspecified atom stereocenters. The minimum Gasteiger partial charge on any atom is -0.457 e. The first-order valence-electron chi connectivity index (χ1n) is 10.7. The van der Waals surface area contributed by atoms with Crippen LogP contribution in [0, 0.1) is 6.92 Å². The van der Waals surface area contributed by atoms with Crippen LogP contribution in [0.5, 0.6) is 11.5 Å². The van der Waals surface area contributed by atoms with Crippen LogP contribution in [0.3, 0.4) is 0 Å². The number of carbonyl (C=O) groups excluding carboxylic acids is 1. The van der Waals surface area contributed by atoms with Gasteiger partial charge in [-0.25, -0.2) is 4.98 Å². The molecule has 7 nitrogen and oxygen atoms in total. The van der Waals surface area contributed by atoms with E-state index in [0.29, 0.717) is 18.3 Å². The average molecular weight is 438 g/mol. The number of ether oxygens (including phenoxy) is 1. The van der Waals surface area contributed by atoms with E-state index in [9.17, 15) is 4.79 Å². The second-order valence-electron chi connectivity index (χ2n) is 7.81. The summed E-state index contributed by atoms with van der Waals surface area (Å²) in [7, 11) is 0. The molecule has 0 bridgehead atoms. The van der Waals surface area contributed by atoms with Gasteiger partial charge in [-0.2, -0.15) is 9.78 Å². The van der Waals surface area contributed by atoms with Crippen LogP contribution in [-0.4, -0.2) is 25.2 Å². The summed E-state index contributed by atoms with van der Waals surface area (Å²) in [4.78, 5) is 16.6. The first-order chi connectivity index (χ1) is 16.1. The molecule has 0 aliphatic rings. The van der Waals surface area contributed by atoms with E-state index in [1.807, 2.05) is 85.8 Å². The molecule has 7 heteroatoms. The van der Waals surface area contributed by atoms with Gasteiger partial charge < -0.3 is 14.6 Å². The van der Waals surface area contributed by atoms with Gasteiger partial charge in [0.15, 0.2) is 0 Å². The maximum absolute atomic E-state index is 11.7. The Bertz CT molecular complexity index is 1440. The van der Waals surface area contributed by atoms with E-state index in [-0.39, 0.29) is 5.91 Å². The Kier molecular flexibility index (Phi) is 5.36. The molecular formula is C26H23N5O2. The SMILES string of the molecule is CC(=O)Nc1cc(C)nn1-c1nc2ccccc2n1Cc1cccc(Oc2ccccc2)c1. The molecule has 5 rings (SSSR count). The molecule has 0 radical (unpaired) electrons. The van der Waals surface area contributed by atoms with E-state index in [1.54, 1.807) is 4.68 Å². The molecule has 0 aliphatic carbocycles. The Balaban J connectivity index is 1.56. The first-order valence-corrected chi connectivity index (χ1v) is 10.7. The van der Waals surface area contributed by atoms with Crippen LogP contribution in [0.1, 0.15) is 18.2 Å². The molecule has 164 valence electrons. The van der Waals surface area contributed by atoms with Gasteiger partial charge in [0.1, 0.15) is 17.3 Å². The standard InChI is InChI=1S/C26H23N5O2/c1-18-15-25(27-19(2)32)31(29-18)26-28-23-13-6-7-14-24(23)30(26)17-20-9-8-12-22(16-20)33-21-10-4-3-5-11-21/h3-16H,17H2,1-2H3,(H,27,32). The zero-order valence-corrected chi connectivity index (χ0v) is 18.4. The quantitative estimate of drug-likeness (QED) is 0.390. The number of hydrogen-bond acceptors (Lipinski definition) is 4. The molecule has 0 saturated carbocycles. The fraction of sp³-hybridized carbons (Fsp3) is 0.115. The van der Waals surface area contributed by atoms with Crippen LogP contribution in [0.2, 0.25) is 0 Å². The van der Waals surface area contributed by atoms with Crippen molar-refractivity contribution in [1.29, 1.82) is 0 Å². The van der Waals surface area contributed by atoms with Gasteiger partial charge >= 0.3 is 0 Å².